The molecule has 2 fully saturated rings. The van der Waals surface area contributed by atoms with Crippen LogP contribution in [-0.2, 0) is 9.59 Å². The fraction of sp³-hybridized carbons (Fsp3) is 0.846. The zero-order chi connectivity index (χ0) is 13.0. The molecule has 0 radical (unpaired) electrons. The monoisotopic (exact) mass is 253 g/mol. The minimum Gasteiger partial charge on any atom is -0.369 e. The molecule has 0 bridgehead atoms. The van der Waals surface area contributed by atoms with Gasteiger partial charge >= 0.3 is 0 Å². The Labute approximate surface area is 108 Å². The first-order chi connectivity index (χ1) is 8.66. The van der Waals surface area contributed by atoms with Crippen LogP contribution in [0.2, 0.25) is 0 Å². The van der Waals surface area contributed by atoms with E-state index in [0.29, 0.717) is 25.6 Å². The number of rotatable bonds is 3. The van der Waals surface area contributed by atoms with Crippen molar-refractivity contribution in [2.45, 2.75) is 44.6 Å². The maximum absolute atomic E-state index is 12.1. The van der Waals surface area contributed by atoms with Gasteiger partial charge in [0.1, 0.15) is 0 Å². The molecule has 2 rings (SSSR count). The highest BCUT2D eigenvalue weighted by Gasteiger charge is 2.27. The minimum atomic E-state index is -0.226. The van der Waals surface area contributed by atoms with Crippen LogP contribution in [-0.4, -0.2) is 42.4 Å². The number of hydrogen-bond acceptors (Lipinski definition) is 3. The molecule has 0 spiro atoms. The topological polar surface area (TPSA) is 75.4 Å². The third kappa shape index (κ3) is 3.45. The Hall–Kier alpha value is -1.10. The van der Waals surface area contributed by atoms with Gasteiger partial charge in [0, 0.05) is 31.5 Å². The van der Waals surface area contributed by atoms with Gasteiger partial charge in [-0.05, 0) is 32.2 Å². The average molecular weight is 253 g/mol. The van der Waals surface area contributed by atoms with Gasteiger partial charge in [0.25, 0.3) is 0 Å². The first-order valence-corrected chi connectivity index (χ1v) is 6.97. The second-order valence-electron chi connectivity index (χ2n) is 5.41. The lowest BCUT2D eigenvalue weighted by atomic mass is 9.95. The standard InChI is InChI=1S/C13H23N3O2/c14-13(18)10-4-7-16(8-5-10)12(17)9-11-3-1-2-6-15-11/h10-11,15H,1-9H2,(H2,14,18). The van der Waals surface area contributed by atoms with Crippen LogP contribution < -0.4 is 11.1 Å². The molecule has 0 aromatic rings. The number of nitrogens with zero attached hydrogens (tertiary/aromatic N) is 1. The molecule has 18 heavy (non-hydrogen) atoms. The summed E-state index contributed by atoms with van der Waals surface area (Å²) in [5.41, 5.74) is 5.29. The molecule has 102 valence electrons. The van der Waals surface area contributed by atoms with Gasteiger partial charge in [0.05, 0.1) is 0 Å². The number of hydrogen-bond donors (Lipinski definition) is 2. The van der Waals surface area contributed by atoms with E-state index in [0.717, 1.165) is 25.8 Å². The number of nitrogens with two attached hydrogens (primary N) is 1. The summed E-state index contributed by atoms with van der Waals surface area (Å²) in [5, 5.41) is 3.39. The lowest BCUT2D eigenvalue weighted by Crippen LogP contribution is -2.45. The normalized spacial score (nSPS) is 26.0. The van der Waals surface area contributed by atoms with E-state index >= 15 is 0 Å². The van der Waals surface area contributed by atoms with E-state index in [2.05, 4.69) is 5.32 Å². The second-order valence-corrected chi connectivity index (χ2v) is 5.41. The predicted octanol–water partition coefficient (Wildman–Crippen LogP) is 0.242. The van der Waals surface area contributed by atoms with Crippen molar-refractivity contribution in [1.82, 2.24) is 10.2 Å². The van der Waals surface area contributed by atoms with E-state index in [4.69, 9.17) is 5.73 Å². The van der Waals surface area contributed by atoms with Crippen LogP contribution in [0.1, 0.15) is 38.5 Å². The predicted molar refractivity (Wildman–Crippen MR) is 68.8 cm³/mol. The molecular weight excluding hydrogens is 230 g/mol. The molecule has 2 aliphatic heterocycles. The van der Waals surface area contributed by atoms with E-state index < -0.39 is 0 Å². The van der Waals surface area contributed by atoms with E-state index in [9.17, 15) is 9.59 Å². The fourth-order valence-electron chi connectivity index (χ4n) is 2.85. The highest BCUT2D eigenvalue weighted by Crippen LogP contribution is 2.18. The number of nitrogens with one attached hydrogen (secondary N) is 1. The van der Waals surface area contributed by atoms with Gasteiger partial charge in [-0.1, -0.05) is 6.42 Å². The highest BCUT2D eigenvalue weighted by molar-refractivity contribution is 5.79. The van der Waals surface area contributed by atoms with Crippen molar-refractivity contribution in [3.8, 4) is 0 Å². The molecule has 1 unspecified atom stereocenters. The summed E-state index contributed by atoms with van der Waals surface area (Å²) in [4.78, 5) is 25.1. The SMILES string of the molecule is NC(=O)C1CCN(C(=O)CC2CCCCN2)CC1. The Morgan fingerprint density at radius 1 is 1.17 bits per heavy atom. The number of carbonyl (C=O) groups is 2. The Morgan fingerprint density at radius 3 is 2.44 bits per heavy atom. The van der Waals surface area contributed by atoms with Crippen LogP contribution >= 0.6 is 0 Å². The first-order valence-electron chi connectivity index (χ1n) is 6.97. The van der Waals surface area contributed by atoms with Gasteiger partial charge in [-0.3, -0.25) is 9.59 Å². The van der Waals surface area contributed by atoms with Crippen molar-refractivity contribution < 1.29 is 9.59 Å². The maximum Gasteiger partial charge on any atom is 0.224 e. The summed E-state index contributed by atoms with van der Waals surface area (Å²) in [6.45, 7) is 2.39. The molecule has 0 aromatic carbocycles. The molecule has 5 nitrogen and oxygen atoms in total. The summed E-state index contributed by atoms with van der Waals surface area (Å²) in [6.07, 6.45) is 5.58. The quantitative estimate of drug-likeness (QED) is 0.756. The van der Waals surface area contributed by atoms with Gasteiger partial charge in [-0.2, -0.15) is 0 Å². The van der Waals surface area contributed by atoms with E-state index in [1.54, 1.807) is 0 Å². The van der Waals surface area contributed by atoms with Crippen LogP contribution in [0.25, 0.3) is 0 Å². The van der Waals surface area contributed by atoms with Crippen LogP contribution in [0.3, 0.4) is 0 Å². The van der Waals surface area contributed by atoms with E-state index in [-0.39, 0.29) is 17.7 Å². The van der Waals surface area contributed by atoms with Crippen LogP contribution in [0.5, 0.6) is 0 Å². The fourth-order valence-corrected chi connectivity index (χ4v) is 2.85. The molecule has 5 heteroatoms. The van der Waals surface area contributed by atoms with Crippen molar-refractivity contribution in [3.63, 3.8) is 0 Å². The molecule has 2 amide bonds. The minimum absolute atomic E-state index is 0.0399. The molecule has 0 aliphatic carbocycles. The lowest BCUT2D eigenvalue weighted by molar-refractivity contribution is -0.135. The van der Waals surface area contributed by atoms with Gasteiger partial charge in [0.15, 0.2) is 0 Å². The van der Waals surface area contributed by atoms with Crippen molar-refractivity contribution in [1.29, 1.82) is 0 Å². The van der Waals surface area contributed by atoms with Crippen LogP contribution in [0.15, 0.2) is 0 Å². The summed E-state index contributed by atoms with van der Waals surface area (Å²) in [6, 6.07) is 0.347. The average Bonchev–Trinajstić information content (AvgIpc) is 2.40. The highest BCUT2D eigenvalue weighted by atomic mass is 16.2. The second kappa shape index (κ2) is 6.18. The number of piperidine rings is 2. The van der Waals surface area contributed by atoms with Gasteiger partial charge in [0.2, 0.25) is 11.8 Å². The summed E-state index contributed by atoms with van der Waals surface area (Å²) in [7, 11) is 0. The third-order valence-electron chi connectivity index (χ3n) is 4.08. The van der Waals surface area contributed by atoms with Gasteiger partial charge in [-0.15, -0.1) is 0 Å². The third-order valence-corrected chi connectivity index (χ3v) is 4.08. The van der Waals surface area contributed by atoms with Crippen LogP contribution in [0, 0.1) is 5.92 Å². The number of primary amides is 1. The van der Waals surface area contributed by atoms with Crippen molar-refractivity contribution >= 4 is 11.8 Å². The number of likely N-dealkylation sites (tertiary alicyclic amines) is 1. The molecule has 2 aliphatic rings. The Bertz CT molecular complexity index is 305. The van der Waals surface area contributed by atoms with Gasteiger partial charge < -0.3 is 16.0 Å². The molecule has 3 N–H and O–H groups in total. The smallest absolute Gasteiger partial charge is 0.224 e. The van der Waals surface area contributed by atoms with Gasteiger partial charge in [-0.25, -0.2) is 0 Å². The lowest BCUT2D eigenvalue weighted by Gasteiger charge is -2.32. The van der Waals surface area contributed by atoms with E-state index in [1.165, 1.54) is 12.8 Å². The van der Waals surface area contributed by atoms with E-state index in [1.807, 2.05) is 4.90 Å². The zero-order valence-corrected chi connectivity index (χ0v) is 10.9. The van der Waals surface area contributed by atoms with Crippen molar-refractivity contribution in [2.24, 2.45) is 11.7 Å². The Balaban J connectivity index is 1.75. The molecule has 1 atom stereocenters. The molecular formula is C13H23N3O2. The number of carbonyl (C=O) groups excluding carboxylic acids is 2. The molecule has 2 heterocycles. The number of amides is 2. The first kappa shape index (κ1) is 13.3. The summed E-state index contributed by atoms with van der Waals surface area (Å²) >= 11 is 0. The summed E-state index contributed by atoms with van der Waals surface area (Å²) < 4.78 is 0. The van der Waals surface area contributed by atoms with Crippen molar-refractivity contribution in [2.75, 3.05) is 19.6 Å². The zero-order valence-electron chi connectivity index (χ0n) is 10.9. The van der Waals surface area contributed by atoms with Crippen LogP contribution in [0.4, 0.5) is 0 Å². The molecule has 0 saturated carbocycles. The molecule has 2 saturated heterocycles. The Kier molecular flexibility index (Phi) is 4.58. The van der Waals surface area contributed by atoms with Crippen molar-refractivity contribution in [3.05, 3.63) is 0 Å². The largest absolute Gasteiger partial charge is 0.369 e. The maximum atomic E-state index is 12.1. The Morgan fingerprint density at radius 2 is 1.89 bits per heavy atom. The summed E-state index contributed by atoms with van der Waals surface area (Å²) in [5.74, 6) is -0.0461. The molecule has 0 aromatic heterocycles.